The lowest BCUT2D eigenvalue weighted by Gasteiger charge is -2.07. The van der Waals surface area contributed by atoms with Crippen LogP contribution >= 0.6 is 0 Å². The van der Waals surface area contributed by atoms with Gasteiger partial charge in [-0.25, -0.2) is 15.0 Å². The smallest absolute Gasteiger partial charge is 0.137 e. The Kier molecular flexibility index (Phi) is 3.38. The van der Waals surface area contributed by atoms with E-state index in [0.29, 0.717) is 24.0 Å². The molecule has 8 heteroatoms. The van der Waals surface area contributed by atoms with Crippen molar-refractivity contribution in [3.05, 3.63) is 30.9 Å². The van der Waals surface area contributed by atoms with Gasteiger partial charge in [-0.1, -0.05) is 0 Å². The lowest BCUT2D eigenvalue weighted by molar-refractivity contribution is 0.311. The number of aliphatic hydroxyl groups excluding tert-OH is 1. The number of aromatic nitrogens is 5. The standard InChI is InChI=1S/C12H13N7O/c20-2-1-13-10-4-12(16-7-15-10)18-11-3-9-8(5-14-11)6-17-19-9/h3-7,20H,1-2H2,(H,17,19)(H2,13,14,15,16,18). The van der Waals surface area contributed by atoms with E-state index in [0.717, 1.165) is 10.9 Å². The van der Waals surface area contributed by atoms with Gasteiger partial charge >= 0.3 is 0 Å². The van der Waals surface area contributed by atoms with Crippen molar-refractivity contribution in [3.63, 3.8) is 0 Å². The Labute approximate surface area is 114 Å². The minimum absolute atomic E-state index is 0.0464. The van der Waals surface area contributed by atoms with Gasteiger partial charge in [0.1, 0.15) is 23.8 Å². The molecule has 0 aliphatic heterocycles. The van der Waals surface area contributed by atoms with Gasteiger partial charge in [0, 0.05) is 30.3 Å². The van der Waals surface area contributed by atoms with E-state index >= 15 is 0 Å². The summed E-state index contributed by atoms with van der Waals surface area (Å²) in [6.07, 6.45) is 4.89. The van der Waals surface area contributed by atoms with E-state index in [1.807, 2.05) is 6.07 Å². The number of aromatic amines is 1. The normalized spacial score (nSPS) is 10.7. The monoisotopic (exact) mass is 271 g/mol. The molecule has 0 radical (unpaired) electrons. The highest BCUT2D eigenvalue weighted by molar-refractivity contribution is 5.80. The zero-order valence-corrected chi connectivity index (χ0v) is 10.5. The molecule has 0 spiro atoms. The molecule has 0 saturated carbocycles. The fourth-order valence-corrected chi connectivity index (χ4v) is 1.74. The van der Waals surface area contributed by atoms with Gasteiger partial charge in [0.2, 0.25) is 0 Å². The summed E-state index contributed by atoms with van der Waals surface area (Å²) in [7, 11) is 0. The molecule has 3 aromatic rings. The van der Waals surface area contributed by atoms with Gasteiger partial charge in [-0.2, -0.15) is 5.10 Å². The SMILES string of the molecule is OCCNc1cc(Nc2cc3[nH]ncc3cn2)ncn1. The molecule has 3 heterocycles. The van der Waals surface area contributed by atoms with E-state index in [4.69, 9.17) is 5.11 Å². The van der Waals surface area contributed by atoms with Crippen molar-refractivity contribution in [2.45, 2.75) is 0 Å². The highest BCUT2D eigenvalue weighted by atomic mass is 16.3. The van der Waals surface area contributed by atoms with Crippen molar-refractivity contribution in [1.82, 2.24) is 25.1 Å². The molecule has 0 bridgehead atoms. The van der Waals surface area contributed by atoms with Crippen LogP contribution in [0.15, 0.2) is 30.9 Å². The third kappa shape index (κ3) is 2.64. The maximum Gasteiger partial charge on any atom is 0.137 e. The number of nitrogens with one attached hydrogen (secondary N) is 3. The van der Waals surface area contributed by atoms with Crippen molar-refractivity contribution >= 4 is 28.4 Å². The summed E-state index contributed by atoms with van der Waals surface area (Å²) >= 11 is 0. The highest BCUT2D eigenvalue weighted by Crippen LogP contribution is 2.17. The summed E-state index contributed by atoms with van der Waals surface area (Å²) in [5.41, 5.74) is 0.898. The van der Waals surface area contributed by atoms with Crippen LogP contribution in [0.3, 0.4) is 0 Å². The molecule has 0 aliphatic carbocycles. The van der Waals surface area contributed by atoms with E-state index in [2.05, 4.69) is 35.8 Å². The maximum absolute atomic E-state index is 8.77. The fraction of sp³-hybridized carbons (Fsp3) is 0.167. The number of pyridine rings is 1. The molecule has 102 valence electrons. The largest absolute Gasteiger partial charge is 0.395 e. The molecule has 4 N–H and O–H groups in total. The highest BCUT2D eigenvalue weighted by Gasteiger charge is 2.02. The minimum atomic E-state index is 0.0464. The van der Waals surface area contributed by atoms with E-state index in [-0.39, 0.29) is 6.61 Å². The molecule has 20 heavy (non-hydrogen) atoms. The van der Waals surface area contributed by atoms with Gasteiger partial charge < -0.3 is 15.7 Å². The van der Waals surface area contributed by atoms with Gasteiger partial charge in [0.25, 0.3) is 0 Å². The first-order chi connectivity index (χ1) is 9.85. The minimum Gasteiger partial charge on any atom is -0.395 e. The fourth-order valence-electron chi connectivity index (χ4n) is 1.74. The summed E-state index contributed by atoms with van der Waals surface area (Å²) in [6.45, 7) is 0.486. The van der Waals surface area contributed by atoms with Crippen LogP contribution in [0.2, 0.25) is 0 Å². The van der Waals surface area contributed by atoms with Crippen LogP contribution in [0.1, 0.15) is 0 Å². The zero-order chi connectivity index (χ0) is 13.8. The summed E-state index contributed by atoms with van der Waals surface area (Å²) in [5.74, 6) is 1.92. The second-order valence-electron chi connectivity index (χ2n) is 4.09. The molecule has 0 saturated heterocycles. The van der Waals surface area contributed by atoms with Crippen molar-refractivity contribution < 1.29 is 5.11 Å². The van der Waals surface area contributed by atoms with Crippen molar-refractivity contribution in [2.24, 2.45) is 0 Å². The van der Waals surface area contributed by atoms with Gasteiger partial charge in [-0.3, -0.25) is 5.10 Å². The summed E-state index contributed by atoms with van der Waals surface area (Å²) < 4.78 is 0. The lowest BCUT2D eigenvalue weighted by Crippen LogP contribution is -2.07. The molecule has 0 atom stereocenters. The summed E-state index contributed by atoms with van der Waals surface area (Å²) in [6, 6.07) is 3.60. The van der Waals surface area contributed by atoms with Crippen molar-refractivity contribution in [3.8, 4) is 0 Å². The van der Waals surface area contributed by atoms with E-state index in [1.165, 1.54) is 6.33 Å². The summed E-state index contributed by atoms with van der Waals surface area (Å²) in [4.78, 5) is 12.4. The molecule has 8 nitrogen and oxygen atoms in total. The van der Waals surface area contributed by atoms with E-state index < -0.39 is 0 Å². The molecule has 0 aliphatic rings. The third-order valence-corrected chi connectivity index (χ3v) is 2.66. The Morgan fingerprint density at radius 2 is 1.90 bits per heavy atom. The first-order valence-electron chi connectivity index (χ1n) is 6.08. The predicted octanol–water partition coefficient (Wildman–Crippen LogP) is 0.896. The maximum atomic E-state index is 8.77. The Morgan fingerprint density at radius 3 is 2.80 bits per heavy atom. The van der Waals surface area contributed by atoms with Gasteiger partial charge in [-0.05, 0) is 0 Å². The van der Waals surface area contributed by atoms with E-state index in [1.54, 1.807) is 18.5 Å². The average Bonchev–Trinajstić information content (AvgIpc) is 2.93. The number of hydrogen-bond acceptors (Lipinski definition) is 7. The predicted molar refractivity (Wildman–Crippen MR) is 74.8 cm³/mol. The van der Waals surface area contributed by atoms with Crippen LogP contribution in [0.4, 0.5) is 17.5 Å². The molecule has 0 aromatic carbocycles. The van der Waals surface area contributed by atoms with Gasteiger partial charge in [-0.15, -0.1) is 0 Å². The van der Waals surface area contributed by atoms with Crippen molar-refractivity contribution in [1.29, 1.82) is 0 Å². The number of hydrogen-bond donors (Lipinski definition) is 4. The van der Waals surface area contributed by atoms with Crippen LogP contribution in [-0.4, -0.2) is 43.4 Å². The molecule has 3 rings (SSSR count). The molecular weight excluding hydrogens is 258 g/mol. The topological polar surface area (TPSA) is 112 Å². The molecule has 0 amide bonds. The molecule has 0 unspecified atom stereocenters. The van der Waals surface area contributed by atoms with Crippen molar-refractivity contribution in [2.75, 3.05) is 23.8 Å². The Morgan fingerprint density at radius 1 is 1.05 bits per heavy atom. The Balaban J connectivity index is 1.79. The van der Waals surface area contributed by atoms with Crippen LogP contribution in [0.25, 0.3) is 10.9 Å². The second kappa shape index (κ2) is 5.49. The molecular formula is C12H13N7O. The van der Waals surface area contributed by atoms with Crippen LogP contribution in [0.5, 0.6) is 0 Å². The number of anilines is 3. The number of H-pyrrole nitrogens is 1. The average molecular weight is 271 g/mol. The van der Waals surface area contributed by atoms with Gasteiger partial charge in [0.05, 0.1) is 18.3 Å². The van der Waals surface area contributed by atoms with Crippen LogP contribution in [0, 0.1) is 0 Å². The number of aliphatic hydroxyl groups is 1. The first kappa shape index (κ1) is 12.3. The molecule has 3 aromatic heterocycles. The summed E-state index contributed by atoms with van der Waals surface area (Å²) in [5, 5.41) is 22.6. The van der Waals surface area contributed by atoms with E-state index in [9.17, 15) is 0 Å². The Hall–Kier alpha value is -2.74. The number of rotatable bonds is 5. The lowest BCUT2D eigenvalue weighted by atomic mass is 10.3. The van der Waals surface area contributed by atoms with Gasteiger partial charge in [0.15, 0.2) is 0 Å². The number of nitrogens with zero attached hydrogens (tertiary/aromatic N) is 4. The Bertz CT molecular complexity index is 712. The van der Waals surface area contributed by atoms with Crippen LogP contribution < -0.4 is 10.6 Å². The zero-order valence-electron chi connectivity index (χ0n) is 10.5. The number of fused-ring (bicyclic) bond motifs is 1. The second-order valence-corrected chi connectivity index (χ2v) is 4.09. The van der Waals surface area contributed by atoms with Crippen LogP contribution in [-0.2, 0) is 0 Å². The first-order valence-corrected chi connectivity index (χ1v) is 6.08. The molecule has 0 fully saturated rings. The third-order valence-electron chi connectivity index (χ3n) is 2.66. The quantitative estimate of drug-likeness (QED) is 0.545.